The van der Waals surface area contributed by atoms with Crippen LogP contribution >= 0.6 is 22.6 Å². The predicted octanol–water partition coefficient (Wildman–Crippen LogP) is 5.06. The van der Waals surface area contributed by atoms with Crippen LogP contribution in [0.1, 0.15) is 11.1 Å². The molecule has 0 heterocycles. The number of benzene rings is 2. The van der Waals surface area contributed by atoms with Crippen molar-refractivity contribution < 1.29 is 17.6 Å². The van der Waals surface area contributed by atoms with Crippen LogP contribution in [-0.2, 0) is 6.18 Å². The normalized spacial score (nSPS) is 11.0. The summed E-state index contributed by atoms with van der Waals surface area (Å²) in [6.07, 6.45) is -4.51. The van der Waals surface area contributed by atoms with Gasteiger partial charge in [-0.25, -0.2) is 4.39 Å². The fourth-order valence-corrected chi connectivity index (χ4v) is 2.27. The highest BCUT2D eigenvalue weighted by molar-refractivity contribution is 14.1. The van der Waals surface area contributed by atoms with Gasteiger partial charge in [-0.05, 0) is 59.0 Å². The maximum atomic E-state index is 13.0. The molecule has 108 valence electrons. The van der Waals surface area contributed by atoms with E-state index in [-0.39, 0.29) is 11.3 Å². The van der Waals surface area contributed by atoms with E-state index in [2.05, 4.69) is 5.32 Å². The molecule has 21 heavy (non-hydrogen) atoms. The zero-order valence-electron chi connectivity index (χ0n) is 10.3. The molecule has 0 unspecified atom stereocenters. The molecule has 0 radical (unpaired) electrons. The van der Waals surface area contributed by atoms with E-state index in [1.165, 1.54) is 24.3 Å². The third-order valence-electron chi connectivity index (χ3n) is 2.67. The fourth-order valence-electron chi connectivity index (χ4n) is 1.66. The number of anilines is 2. The van der Waals surface area contributed by atoms with Crippen molar-refractivity contribution in [3.05, 3.63) is 56.9 Å². The number of rotatable bonds is 2. The number of hydrogen-bond donors (Lipinski definition) is 1. The first kappa shape index (κ1) is 15.6. The highest BCUT2D eigenvalue weighted by atomic mass is 127. The second-order valence-electron chi connectivity index (χ2n) is 4.12. The Morgan fingerprint density at radius 3 is 2.29 bits per heavy atom. The lowest BCUT2D eigenvalue weighted by molar-refractivity contribution is -0.137. The molecule has 0 spiro atoms. The third kappa shape index (κ3) is 3.64. The van der Waals surface area contributed by atoms with Gasteiger partial charge in [-0.15, -0.1) is 0 Å². The van der Waals surface area contributed by atoms with E-state index >= 15 is 0 Å². The molecule has 0 saturated carbocycles. The molecule has 1 N–H and O–H groups in total. The largest absolute Gasteiger partial charge is 0.416 e. The van der Waals surface area contributed by atoms with Crippen LogP contribution in [0.15, 0.2) is 36.4 Å². The molecule has 2 nitrogen and oxygen atoms in total. The summed E-state index contributed by atoms with van der Waals surface area (Å²) in [7, 11) is 0. The van der Waals surface area contributed by atoms with E-state index in [1.807, 2.05) is 22.6 Å². The lowest BCUT2D eigenvalue weighted by Gasteiger charge is -2.12. The zero-order valence-corrected chi connectivity index (χ0v) is 12.5. The van der Waals surface area contributed by atoms with E-state index in [4.69, 9.17) is 5.26 Å². The molecule has 0 fully saturated rings. The van der Waals surface area contributed by atoms with Gasteiger partial charge in [-0.1, -0.05) is 0 Å². The number of hydrogen-bond acceptors (Lipinski definition) is 2. The molecule has 0 bridgehead atoms. The van der Waals surface area contributed by atoms with Gasteiger partial charge < -0.3 is 5.32 Å². The molecule has 0 aliphatic carbocycles. The topological polar surface area (TPSA) is 35.8 Å². The predicted molar refractivity (Wildman–Crippen MR) is 78.6 cm³/mol. The minimum atomic E-state index is -4.51. The molecular weight excluding hydrogens is 399 g/mol. The summed E-state index contributed by atoms with van der Waals surface area (Å²) in [5.41, 5.74) is -0.286. The van der Waals surface area contributed by atoms with Gasteiger partial charge in [0.05, 0.1) is 22.5 Å². The number of nitrogens with zero attached hydrogens (tertiary/aromatic N) is 1. The molecule has 0 atom stereocenters. The van der Waals surface area contributed by atoms with Gasteiger partial charge in [-0.3, -0.25) is 0 Å². The van der Waals surface area contributed by atoms with Crippen LogP contribution in [0.4, 0.5) is 28.9 Å². The fraction of sp³-hybridized carbons (Fsp3) is 0.0714. The Balaban J connectivity index is 2.39. The Hall–Kier alpha value is -1.82. The van der Waals surface area contributed by atoms with E-state index in [9.17, 15) is 17.6 Å². The highest BCUT2D eigenvalue weighted by Crippen LogP contribution is 2.33. The molecule has 2 rings (SSSR count). The molecule has 0 amide bonds. The van der Waals surface area contributed by atoms with Gasteiger partial charge >= 0.3 is 6.18 Å². The van der Waals surface area contributed by atoms with E-state index in [1.54, 1.807) is 6.07 Å². The van der Waals surface area contributed by atoms with Crippen LogP contribution in [-0.4, -0.2) is 0 Å². The van der Waals surface area contributed by atoms with Crippen LogP contribution < -0.4 is 5.32 Å². The summed E-state index contributed by atoms with van der Waals surface area (Å²) < 4.78 is 51.4. The Morgan fingerprint density at radius 1 is 1.05 bits per heavy atom. The van der Waals surface area contributed by atoms with Gasteiger partial charge in [-0.2, -0.15) is 18.4 Å². The minimum absolute atomic E-state index is 0.134. The second-order valence-corrected chi connectivity index (χ2v) is 5.28. The number of nitriles is 1. The average molecular weight is 406 g/mol. The Labute approximate surface area is 131 Å². The molecule has 0 aromatic heterocycles. The van der Waals surface area contributed by atoms with Crippen LogP contribution in [0.2, 0.25) is 0 Å². The maximum Gasteiger partial charge on any atom is 0.416 e. The monoisotopic (exact) mass is 406 g/mol. The van der Waals surface area contributed by atoms with Gasteiger partial charge in [0.1, 0.15) is 11.9 Å². The Kier molecular flexibility index (Phi) is 4.37. The summed E-state index contributed by atoms with van der Waals surface area (Å²) in [6, 6.07) is 8.52. The smallest absolute Gasteiger partial charge is 0.354 e. The van der Waals surface area contributed by atoms with Crippen molar-refractivity contribution in [2.75, 3.05) is 5.32 Å². The van der Waals surface area contributed by atoms with Crippen LogP contribution in [0, 0.1) is 20.7 Å². The quantitative estimate of drug-likeness (QED) is 0.559. The van der Waals surface area contributed by atoms with Crippen LogP contribution in [0.5, 0.6) is 0 Å². The minimum Gasteiger partial charge on any atom is -0.354 e. The van der Waals surface area contributed by atoms with Gasteiger partial charge in [0.15, 0.2) is 0 Å². The maximum absolute atomic E-state index is 13.0. The summed E-state index contributed by atoms with van der Waals surface area (Å²) in [6.45, 7) is 0. The van der Waals surface area contributed by atoms with E-state index < -0.39 is 17.6 Å². The van der Waals surface area contributed by atoms with Crippen molar-refractivity contribution >= 4 is 34.0 Å². The lowest BCUT2D eigenvalue weighted by Crippen LogP contribution is -2.06. The molecule has 0 aliphatic heterocycles. The SMILES string of the molecule is N#Cc1cc(C(F)(F)F)ccc1Nc1ccc(F)cc1I. The van der Waals surface area contributed by atoms with E-state index in [0.717, 1.165) is 12.1 Å². The second kappa shape index (κ2) is 5.89. The van der Waals surface area contributed by atoms with Gasteiger partial charge in [0, 0.05) is 3.57 Å². The van der Waals surface area contributed by atoms with E-state index in [0.29, 0.717) is 9.26 Å². The van der Waals surface area contributed by atoms with Gasteiger partial charge in [0.25, 0.3) is 0 Å². The average Bonchev–Trinajstić information content (AvgIpc) is 2.41. The summed E-state index contributed by atoms with van der Waals surface area (Å²) in [5.74, 6) is -0.419. The first-order chi connectivity index (χ1) is 9.81. The Morgan fingerprint density at radius 2 is 1.71 bits per heavy atom. The van der Waals surface area contributed by atoms with Crippen molar-refractivity contribution in [2.24, 2.45) is 0 Å². The molecule has 0 aliphatic rings. The first-order valence-corrected chi connectivity index (χ1v) is 6.72. The van der Waals surface area contributed by atoms with Crippen LogP contribution in [0.3, 0.4) is 0 Å². The zero-order chi connectivity index (χ0) is 15.6. The van der Waals surface area contributed by atoms with Crippen molar-refractivity contribution in [2.45, 2.75) is 6.18 Å². The number of nitrogens with one attached hydrogen (secondary N) is 1. The standard InChI is InChI=1S/C14H7F4IN2/c15-10-2-4-13(11(19)6-10)21-12-3-1-9(14(16,17)18)5-8(12)7-20/h1-6,21H. The number of alkyl halides is 3. The van der Waals surface area contributed by atoms with Crippen molar-refractivity contribution in [3.63, 3.8) is 0 Å². The third-order valence-corrected chi connectivity index (χ3v) is 3.56. The molecular formula is C14H7F4IN2. The number of halogens is 5. The highest BCUT2D eigenvalue weighted by Gasteiger charge is 2.31. The summed E-state index contributed by atoms with van der Waals surface area (Å²) >= 11 is 1.89. The molecule has 0 saturated heterocycles. The molecule has 2 aromatic rings. The molecule has 7 heteroatoms. The summed E-state index contributed by atoms with van der Waals surface area (Å²) in [5, 5.41) is 11.8. The Bertz CT molecular complexity index is 720. The van der Waals surface area contributed by atoms with Crippen LogP contribution in [0.25, 0.3) is 0 Å². The van der Waals surface area contributed by atoms with Crippen molar-refractivity contribution in [1.29, 1.82) is 5.26 Å². The van der Waals surface area contributed by atoms with Gasteiger partial charge in [0.2, 0.25) is 0 Å². The molecule has 2 aromatic carbocycles. The van der Waals surface area contributed by atoms with Crippen molar-refractivity contribution in [3.8, 4) is 6.07 Å². The summed E-state index contributed by atoms with van der Waals surface area (Å²) in [4.78, 5) is 0. The van der Waals surface area contributed by atoms with Crippen molar-refractivity contribution in [1.82, 2.24) is 0 Å². The first-order valence-electron chi connectivity index (χ1n) is 5.64. The lowest BCUT2D eigenvalue weighted by atomic mass is 10.1.